The van der Waals surface area contributed by atoms with Gasteiger partial charge < -0.3 is 14.9 Å². The molecular weight excluding hydrogens is 224 g/mol. The van der Waals surface area contributed by atoms with Crippen molar-refractivity contribution in [1.29, 1.82) is 0 Å². The smallest absolute Gasteiger partial charge is 0.338 e. The zero-order valence-electron chi connectivity index (χ0n) is 9.64. The summed E-state index contributed by atoms with van der Waals surface area (Å²) >= 11 is 0. The molecular formula is C12H14O5. The number of hydrogen-bond acceptors (Lipinski definition) is 4. The van der Waals surface area contributed by atoms with Gasteiger partial charge in [0.2, 0.25) is 0 Å². The summed E-state index contributed by atoms with van der Waals surface area (Å²) in [5, 5.41) is 18.1. The van der Waals surface area contributed by atoms with Crippen LogP contribution in [0.3, 0.4) is 0 Å². The average molecular weight is 238 g/mol. The number of hydrogen-bond donors (Lipinski definition) is 2. The van der Waals surface area contributed by atoms with Gasteiger partial charge >= 0.3 is 11.9 Å². The van der Waals surface area contributed by atoms with E-state index in [9.17, 15) is 14.7 Å². The zero-order valence-corrected chi connectivity index (χ0v) is 9.64. The summed E-state index contributed by atoms with van der Waals surface area (Å²) in [6.45, 7) is 2.87. The minimum Gasteiger partial charge on any atom is -0.478 e. The Hall–Kier alpha value is -1.88. The van der Waals surface area contributed by atoms with E-state index in [4.69, 9.17) is 9.84 Å². The number of carboxylic acid groups (broad SMARTS) is 1. The molecule has 2 N–H and O–H groups in total. The van der Waals surface area contributed by atoms with Gasteiger partial charge in [0.1, 0.15) is 6.61 Å². The molecule has 5 nitrogen and oxygen atoms in total. The summed E-state index contributed by atoms with van der Waals surface area (Å²) in [5.41, 5.74) is -0.947. The summed E-state index contributed by atoms with van der Waals surface area (Å²) in [5.74, 6) is -1.77. The number of aliphatic hydroxyl groups is 1. The number of esters is 1. The summed E-state index contributed by atoms with van der Waals surface area (Å²) in [4.78, 5) is 22.2. The molecule has 0 radical (unpaired) electrons. The Bertz CT molecular complexity index is 431. The third-order valence-electron chi connectivity index (χ3n) is 1.90. The number of carboxylic acids is 1. The molecule has 1 rings (SSSR count). The van der Waals surface area contributed by atoms with E-state index in [1.165, 1.54) is 38.1 Å². The average Bonchev–Trinajstić information content (AvgIpc) is 2.25. The lowest BCUT2D eigenvalue weighted by Crippen LogP contribution is -2.27. The first-order valence-corrected chi connectivity index (χ1v) is 5.02. The van der Waals surface area contributed by atoms with Gasteiger partial charge in [0.15, 0.2) is 0 Å². The van der Waals surface area contributed by atoms with Crippen molar-refractivity contribution in [2.24, 2.45) is 0 Å². The van der Waals surface area contributed by atoms with Gasteiger partial charge in [0, 0.05) is 0 Å². The molecule has 0 fully saturated rings. The predicted octanol–water partition coefficient (Wildman–Crippen LogP) is 1.31. The molecule has 0 aliphatic carbocycles. The topological polar surface area (TPSA) is 83.8 Å². The SMILES string of the molecule is CC(C)(O)COC(=O)c1cccc(C(=O)O)c1. The zero-order chi connectivity index (χ0) is 13.1. The van der Waals surface area contributed by atoms with Gasteiger partial charge in [-0.25, -0.2) is 9.59 Å². The Kier molecular flexibility index (Phi) is 3.85. The molecule has 17 heavy (non-hydrogen) atoms. The molecule has 1 aromatic carbocycles. The Morgan fingerprint density at radius 2 is 1.88 bits per heavy atom. The lowest BCUT2D eigenvalue weighted by molar-refractivity contribution is -0.0100. The highest BCUT2D eigenvalue weighted by Gasteiger charge is 2.17. The molecule has 92 valence electrons. The van der Waals surface area contributed by atoms with Crippen LogP contribution in [0, 0.1) is 0 Å². The third-order valence-corrected chi connectivity index (χ3v) is 1.90. The normalized spacial score (nSPS) is 11.0. The lowest BCUT2D eigenvalue weighted by atomic mass is 10.1. The van der Waals surface area contributed by atoms with Gasteiger partial charge in [-0.3, -0.25) is 0 Å². The van der Waals surface area contributed by atoms with E-state index in [1.807, 2.05) is 0 Å². The molecule has 0 atom stereocenters. The van der Waals surface area contributed by atoms with Gasteiger partial charge in [-0.2, -0.15) is 0 Å². The first kappa shape index (κ1) is 13.2. The minimum atomic E-state index is -1.11. The van der Waals surface area contributed by atoms with Crippen molar-refractivity contribution in [3.05, 3.63) is 35.4 Å². The Morgan fingerprint density at radius 3 is 2.41 bits per heavy atom. The number of carbonyl (C=O) groups is 2. The van der Waals surface area contributed by atoms with E-state index in [1.54, 1.807) is 0 Å². The number of rotatable bonds is 4. The first-order chi connectivity index (χ1) is 7.79. The number of ether oxygens (including phenoxy) is 1. The minimum absolute atomic E-state index is 0.0164. The maximum atomic E-state index is 11.5. The standard InChI is InChI=1S/C12H14O5/c1-12(2,16)7-17-11(15)9-5-3-4-8(6-9)10(13)14/h3-6,16H,7H2,1-2H3,(H,13,14). The van der Waals surface area contributed by atoms with Crippen molar-refractivity contribution in [3.63, 3.8) is 0 Å². The van der Waals surface area contributed by atoms with E-state index < -0.39 is 17.5 Å². The molecule has 0 aliphatic rings. The fourth-order valence-corrected chi connectivity index (χ4v) is 1.10. The van der Waals surface area contributed by atoms with Crippen LogP contribution in [0.1, 0.15) is 34.6 Å². The van der Waals surface area contributed by atoms with Crippen molar-refractivity contribution in [2.45, 2.75) is 19.4 Å². The Labute approximate surface area is 98.6 Å². The fraction of sp³-hybridized carbons (Fsp3) is 0.333. The molecule has 0 aliphatic heterocycles. The van der Waals surface area contributed by atoms with Crippen molar-refractivity contribution in [1.82, 2.24) is 0 Å². The van der Waals surface area contributed by atoms with Crippen LogP contribution in [0.15, 0.2) is 24.3 Å². The number of carbonyl (C=O) groups excluding carboxylic acids is 1. The van der Waals surface area contributed by atoms with Crippen LogP contribution in [0.2, 0.25) is 0 Å². The highest BCUT2D eigenvalue weighted by molar-refractivity contribution is 5.94. The molecule has 0 saturated carbocycles. The maximum Gasteiger partial charge on any atom is 0.338 e. The monoisotopic (exact) mass is 238 g/mol. The second-order valence-electron chi connectivity index (χ2n) is 4.27. The third kappa shape index (κ3) is 4.24. The van der Waals surface area contributed by atoms with E-state index in [0.29, 0.717) is 0 Å². The largest absolute Gasteiger partial charge is 0.478 e. The van der Waals surface area contributed by atoms with Crippen LogP contribution in [0.5, 0.6) is 0 Å². The molecule has 0 spiro atoms. The van der Waals surface area contributed by atoms with Crippen LogP contribution < -0.4 is 0 Å². The summed E-state index contributed by atoms with van der Waals surface area (Å²) < 4.78 is 4.85. The summed E-state index contributed by atoms with van der Waals surface area (Å²) in [6.07, 6.45) is 0. The lowest BCUT2D eigenvalue weighted by Gasteiger charge is -2.16. The summed E-state index contributed by atoms with van der Waals surface area (Å²) in [6, 6.07) is 5.54. The van der Waals surface area contributed by atoms with Crippen LogP contribution in [-0.4, -0.2) is 34.4 Å². The quantitative estimate of drug-likeness (QED) is 0.773. The maximum absolute atomic E-state index is 11.5. The molecule has 0 saturated heterocycles. The van der Waals surface area contributed by atoms with E-state index >= 15 is 0 Å². The van der Waals surface area contributed by atoms with Crippen molar-refractivity contribution in [2.75, 3.05) is 6.61 Å². The molecule has 0 amide bonds. The highest BCUT2D eigenvalue weighted by Crippen LogP contribution is 2.09. The van der Waals surface area contributed by atoms with Crippen LogP contribution in [-0.2, 0) is 4.74 Å². The Morgan fingerprint density at radius 1 is 1.29 bits per heavy atom. The van der Waals surface area contributed by atoms with E-state index in [-0.39, 0.29) is 17.7 Å². The number of aromatic carboxylic acids is 1. The van der Waals surface area contributed by atoms with Gasteiger partial charge in [0.05, 0.1) is 16.7 Å². The van der Waals surface area contributed by atoms with Gasteiger partial charge in [-0.15, -0.1) is 0 Å². The van der Waals surface area contributed by atoms with Crippen LogP contribution in [0.4, 0.5) is 0 Å². The number of benzene rings is 1. The van der Waals surface area contributed by atoms with E-state index in [0.717, 1.165) is 0 Å². The van der Waals surface area contributed by atoms with Crippen LogP contribution >= 0.6 is 0 Å². The van der Waals surface area contributed by atoms with Crippen molar-refractivity contribution in [3.8, 4) is 0 Å². The molecule has 5 heteroatoms. The molecule has 0 bridgehead atoms. The second-order valence-corrected chi connectivity index (χ2v) is 4.27. The Balaban J connectivity index is 2.76. The highest BCUT2D eigenvalue weighted by atomic mass is 16.5. The molecule has 0 heterocycles. The molecule has 0 unspecified atom stereocenters. The van der Waals surface area contributed by atoms with Crippen molar-refractivity contribution >= 4 is 11.9 Å². The fourth-order valence-electron chi connectivity index (χ4n) is 1.10. The summed E-state index contributed by atoms with van der Waals surface area (Å²) in [7, 11) is 0. The molecule has 1 aromatic rings. The van der Waals surface area contributed by atoms with Crippen LogP contribution in [0.25, 0.3) is 0 Å². The first-order valence-electron chi connectivity index (χ1n) is 5.02. The van der Waals surface area contributed by atoms with Gasteiger partial charge in [-0.1, -0.05) is 6.07 Å². The second kappa shape index (κ2) is 4.97. The van der Waals surface area contributed by atoms with Gasteiger partial charge in [-0.05, 0) is 32.0 Å². The van der Waals surface area contributed by atoms with Crippen molar-refractivity contribution < 1.29 is 24.5 Å². The predicted molar refractivity (Wildman–Crippen MR) is 60.0 cm³/mol. The van der Waals surface area contributed by atoms with E-state index in [2.05, 4.69) is 0 Å². The van der Waals surface area contributed by atoms with Gasteiger partial charge in [0.25, 0.3) is 0 Å². The molecule has 0 aromatic heterocycles.